The molecule has 0 spiro atoms. The molecule has 23 heavy (non-hydrogen) atoms. The summed E-state index contributed by atoms with van der Waals surface area (Å²) in [4.78, 5) is 0. The molecular weight excluding hydrogens is 357 g/mol. The average molecular weight is 370 g/mol. The largest absolute Gasteiger partial charge is 0.425 e. The molecule has 0 bridgehead atoms. The van der Waals surface area contributed by atoms with Crippen LogP contribution in [0.4, 0.5) is 48.3 Å². The molecule has 2 unspecified atom stereocenters. The number of ether oxygens (including phenoxy) is 1. The lowest BCUT2D eigenvalue weighted by atomic mass is 10.0. The molecule has 0 saturated carbocycles. The molecule has 0 heterocycles. The Labute approximate surface area is 123 Å². The van der Waals surface area contributed by atoms with Crippen LogP contribution in [0.5, 0.6) is 0 Å². The normalized spacial score (nSPS) is 18.7. The van der Waals surface area contributed by atoms with E-state index in [1.54, 1.807) is 0 Å². The third-order valence-electron chi connectivity index (χ3n) is 2.81. The van der Waals surface area contributed by atoms with Crippen molar-refractivity contribution in [3.05, 3.63) is 0 Å². The predicted octanol–water partition coefficient (Wildman–Crippen LogP) is 5.29. The minimum Gasteiger partial charge on any atom is -0.363 e. The highest BCUT2D eigenvalue weighted by atomic mass is 19.4. The zero-order valence-corrected chi connectivity index (χ0v) is 11.7. The van der Waals surface area contributed by atoms with Gasteiger partial charge in [-0.25, -0.2) is 22.0 Å². The minimum absolute atomic E-state index is 0.171. The van der Waals surface area contributed by atoms with Crippen LogP contribution in [0.25, 0.3) is 0 Å². The van der Waals surface area contributed by atoms with E-state index < -0.39 is 55.4 Å². The quantitative estimate of drug-likeness (QED) is 0.553. The second-order valence-electron chi connectivity index (χ2n) is 4.81. The Morgan fingerprint density at radius 3 is 1.61 bits per heavy atom. The van der Waals surface area contributed by atoms with Gasteiger partial charge in [-0.3, -0.25) is 0 Å². The van der Waals surface area contributed by atoms with Crippen LogP contribution in [0, 0.1) is 0 Å². The van der Waals surface area contributed by atoms with Crippen LogP contribution in [0.15, 0.2) is 0 Å². The van der Waals surface area contributed by atoms with Gasteiger partial charge in [-0.15, -0.1) is 0 Å². The van der Waals surface area contributed by atoms with Crippen LogP contribution in [0.3, 0.4) is 0 Å². The van der Waals surface area contributed by atoms with Crippen LogP contribution < -0.4 is 0 Å². The van der Waals surface area contributed by atoms with E-state index in [0.717, 1.165) is 6.92 Å². The zero-order valence-electron chi connectivity index (χ0n) is 11.7. The summed E-state index contributed by atoms with van der Waals surface area (Å²) >= 11 is 0. The van der Waals surface area contributed by atoms with Crippen molar-refractivity contribution >= 4 is 0 Å². The van der Waals surface area contributed by atoms with Gasteiger partial charge in [0.1, 0.15) is 18.6 Å². The van der Waals surface area contributed by atoms with Crippen molar-refractivity contribution in [3.8, 4) is 0 Å². The first kappa shape index (κ1) is 22.2. The second kappa shape index (κ2) is 6.98. The first-order valence-corrected chi connectivity index (χ1v) is 6.13. The highest BCUT2D eigenvalue weighted by molar-refractivity contribution is 4.90. The van der Waals surface area contributed by atoms with E-state index in [9.17, 15) is 48.3 Å². The van der Waals surface area contributed by atoms with E-state index in [-0.39, 0.29) is 6.92 Å². The highest BCUT2D eigenvalue weighted by Gasteiger charge is 2.61. The third-order valence-corrected chi connectivity index (χ3v) is 2.81. The van der Waals surface area contributed by atoms with Crippen molar-refractivity contribution in [3.63, 3.8) is 0 Å². The van der Waals surface area contributed by atoms with E-state index in [1.165, 1.54) is 0 Å². The maximum absolute atomic E-state index is 13.4. The van der Waals surface area contributed by atoms with Gasteiger partial charge in [-0.2, -0.15) is 26.3 Å². The molecule has 0 aliphatic carbocycles. The number of hydrogen-bond acceptors (Lipinski definition) is 1. The summed E-state index contributed by atoms with van der Waals surface area (Å²) < 4.78 is 142. The van der Waals surface area contributed by atoms with E-state index in [4.69, 9.17) is 0 Å². The minimum atomic E-state index is -5.99. The molecular formula is C11H13F11O. The summed E-state index contributed by atoms with van der Waals surface area (Å²) in [5.74, 6) is -9.92. The Bertz CT molecular complexity index is 373. The molecule has 0 aromatic heterocycles. The highest BCUT2D eigenvalue weighted by Crippen LogP contribution is 2.41. The molecule has 0 fully saturated rings. The Hall–Kier alpha value is -0.810. The lowest BCUT2D eigenvalue weighted by molar-refractivity contribution is -0.291. The maximum atomic E-state index is 13.4. The van der Waals surface area contributed by atoms with Crippen molar-refractivity contribution in [2.45, 2.75) is 69.3 Å². The lowest BCUT2D eigenvalue weighted by Crippen LogP contribution is -2.52. The van der Waals surface area contributed by atoms with Crippen molar-refractivity contribution in [1.29, 1.82) is 0 Å². The van der Waals surface area contributed by atoms with Crippen LogP contribution >= 0.6 is 0 Å². The molecule has 0 amide bonds. The van der Waals surface area contributed by atoms with E-state index >= 15 is 0 Å². The molecule has 0 saturated heterocycles. The van der Waals surface area contributed by atoms with Gasteiger partial charge in [-0.1, -0.05) is 6.92 Å². The molecule has 0 radical (unpaired) electrons. The first-order valence-electron chi connectivity index (χ1n) is 6.13. The number of rotatable bonds is 7. The molecule has 0 N–H and O–H groups in total. The fraction of sp³-hybridized carbons (Fsp3) is 1.00. The molecule has 0 rings (SSSR count). The average Bonchev–Trinajstić information content (AvgIpc) is 2.29. The summed E-state index contributed by atoms with van der Waals surface area (Å²) in [6.45, 7) is 1.03. The third kappa shape index (κ3) is 6.30. The van der Waals surface area contributed by atoms with Crippen molar-refractivity contribution in [2.24, 2.45) is 0 Å². The zero-order chi connectivity index (χ0) is 18.9. The SMILES string of the molecule is CC[C@@H](OC(C)C(F)(F)C(F)C(F)(F)F)C(F)(F)CC(F)(F)F. The molecule has 140 valence electrons. The van der Waals surface area contributed by atoms with Gasteiger partial charge in [0.15, 0.2) is 0 Å². The summed E-state index contributed by atoms with van der Waals surface area (Å²) in [6, 6.07) is 0. The van der Waals surface area contributed by atoms with Crippen LogP contribution in [-0.2, 0) is 4.74 Å². The summed E-state index contributed by atoms with van der Waals surface area (Å²) in [5, 5.41) is 0. The molecule has 0 aromatic carbocycles. The van der Waals surface area contributed by atoms with Crippen LogP contribution in [0.1, 0.15) is 26.7 Å². The Balaban J connectivity index is 5.20. The predicted molar refractivity (Wildman–Crippen MR) is 56.1 cm³/mol. The van der Waals surface area contributed by atoms with Crippen molar-refractivity contribution in [2.75, 3.05) is 0 Å². The molecule has 3 atom stereocenters. The first-order chi connectivity index (χ1) is 9.95. The van der Waals surface area contributed by atoms with Gasteiger partial charge < -0.3 is 4.74 Å². The van der Waals surface area contributed by atoms with Gasteiger partial charge in [0.2, 0.25) is 0 Å². The lowest BCUT2D eigenvalue weighted by Gasteiger charge is -2.33. The van der Waals surface area contributed by atoms with Crippen molar-refractivity contribution < 1.29 is 53.0 Å². The fourth-order valence-corrected chi connectivity index (χ4v) is 1.64. The standard InChI is InChI=1S/C11H13F11O/c1-3-6(8(13,14)4-9(15,16)17)23-5(2)10(18,19)7(12)11(20,21)22/h5-7H,3-4H2,1-2H3/t5?,6-,7?/m1/s1. The Morgan fingerprint density at radius 2 is 1.30 bits per heavy atom. The fourth-order valence-electron chi connectivity index (χ4n) is 1.64. The van der Waals surface area contributed by atoms with Crippen LogP contribution in [-0.4, -0.2) is 42.6 Å². The van der Waals surface area contributed by atoms with E-state index in [0.29, 0.717) is 0 Å². The summed E-state index contributed by atoms with van der Waals surface area (Å²) in [7, 11) is 0. The van der Waals surface area contributed by atoms with Crippen molar-refractivity contribution in [1.82, 2.24) is 0 Å². The number of halogens is 11. The van der Waals surface area contributed by atoms with Gasteiger partial charge >= 0.3 is 18.3 Å². The maximum Gasteiger partial charge on any atom is 0.425 e. The Kier molecular flexibility index (Phi) is 6.73. The molecule has 1 nitrogen and oxygen atoms in total. The molecule has 0 aromatic rings. The van der Waals surface area contributed by atoms with Gasteiger partial charge in [0.05, 0.1) is 0 Å². The second-order valence-corrected chi connectivity index (χ2v) is 4.81. The molecule has 0 aliphatic rings. The Morgan fingerprint density at radius 1 is 0.870 bits per heavy atom. The molecule has 12 heteroatoms. The smallest absolute Gasteiger partial charge is 0.363 e. The van der Waals surface area contributed by atoms with Gasteiger partial charge in [-0.05, 0) is 13.3 Å². The topological polar surface area (TPSA) is 9.23 Å². The monoisotopic (exact) mass is 370 g/mol. The van der Waals surface area contributed by atoms with E-state index in [2.05, 4.69) is 4.74 Å². The number of hydrogen-bond donors (Lipinski definition) is 0. The summed E-state index contributed by atoms with van der Waals surface area (Å²) in [5.41, 5.74) is 0. The van der Waals surface area contributed by atoms with Gasteiger partial charge in [0, 0.05) is 0 Å². The molecule has 0 aliphatic heterocycles. The van der Waals surface area contributed by atoms with E-state index in [1.807, 2.05) is 0 Å². The van der Waals surface area contributed by atoms with Gasteiger partial charge in [0.25, 0.3) is 12.1 Å². The summed E-state index contributed by atoms with van der Waals surface area (Å²) in [6.07, 6.45) is -25.5. The number of alkyl halides is 11. The van der Waals surface area contributed by atoms with Crippen LogP contribution in [0.2, 0.25) is 0 Å².